The summed E-state index contributed by atoms with van der Waals surface area (Å²) in [5.41, 5.74) is 2.88. The fraction of sp³-hybridized carbons (Fsp3) is 0.385. The molecule has 2 saturated carbocycles. The summed E-state index contributed by atoms with van der Waals surface area (Å²) in [5, 5.41) is 8.49. The quantitative estimate of drug-likeness (QED) is 0.563. The number of nitrogens with zero attached hydrogens (tertiary/aromatic N) is 1. The molecule has 1 aliphatic heterocycles. The monoisotopic (exact) mass is 460 g/mol. The van der Waals surface area contributed by atoms with Crippen LogP contribution in [-0.4, -0.2) is 41.1 Å². The molecular weight excluding hydrogens is 432 g/mol. The molecule has 3 N–H and O–H groups in total. The first-order chi connectivity index (χ1) is 16.4. The second-order valence-electron chi connectivity index (χ2n) is 9.33. The molecule has 8 nitrogen and oxygen atoms in total. The van der Waals surface area contributed by atoms with Gasteiger partial charge in [0.25, 0.3) is 5.91 Å². The minimum Gasteiger partial charge on any atom is -0.348 e. The van der Waals surface area contributed by atoms with Crippen molar-refractivity contribution in [2.75, 3.05) is 11.9 Å². The predicted octanol–water partition coefficient (Wildman–Crippen LogP) is 2.69. The lowest BCUT2D eigenvalue weighted by Crippen LogP contribution is -2.44. The van der Waals surface area contributed by atoms with Crippen LogP contribution in [0.3, 0.4) is 0 Å². The van der Waals surface area contributed by atoms with E-state index >= 15 is 0 Å². The summed E-state index contributed by atoms with van der Waals surface area (Å²) in [4.78, 5) is 51.9. The molecule has 0 saturated heterocycles. The van der Waals surface area contributed by atoms with Crippen molar-refractivity contribution < 1.29 is 19.2 Å². The molecule has 5 rings (SSSR count). The molecule has 4 amide bonds. The summed E-state index contributed by atoms with van der Waals surface area (Å²) < 4.78 is 0. The highest BCUT2D eigenvalue weighted by Crippen LogP contribution is 2.41. The normalized spacial score (nSPS) is 19.9. The van der Waals surface area contributed by atoms with Gasteiger partial charge in [0.1, 0.15) is 6.04 Å². The summed E-state index contributed by atoms with van der Waals surface area (Å²) in [6, 6.07) is 13.7. The highest BCUT2D eigenvalue weighted by molar-refractivity contribution is 6.05. The number of amides is 4. The highest BCUT2D eigenvalue weighted by Gasteiger charge is 2.47. The first kappa shape index (κ1) is 22.1. The topological polar surface area (TPSA) is 108 Å². The Labute approximate surface area is 198 Å². The number of carbonyl (C=O) groups is 4. The van der Waals surface area contributed by atoms with Crippen molar-refractivity contribution in [2.45, 2.75) is 50.7 Å². The number of fused-ring (bicyclic) bond motifs is 1. The predicted molar refractivity (Wildman–Crippen MR) is 126 cm³/mol. The Bertz CT molecular complexity index is 1140. The van der Waals surface area contributed by atoms with Gasteiger partial charge in [-0.3, -0.25) is 19.2 Å². The van der Waals surface area contributed by atoms with Crippen LogP contribution in [0.25, 0.3) is 0 Å². The molecule has 3 aliphatic rings. The molecule has 8 heteroatoms. The van der Waals surface area contributed by atoms with Gasteiger partial charge >= 0.3 is 0 Å². The zero-order valence-corrected chi connectivity index (χ0v) is 19.0. The van der Waals surface area contributed by atoms with Crippen molar-refractivity contribution >= 4 is 29.3 Å². The van der Waals surface area contributed by atoms with Crippen LogP contribution < -0.4 is 16.0 Å². The molecule has 0 spiro atoms. The Kier molecular flexibility index (Phi) is 5.81. The Balaban J connectivity index is 1.15. The second kappa shape index (κ2) is 8.93. The third kappa shape index (κ3) is 4.53. The van der Waals surface area contributed by atoms with Gasteiger partial charge in [-0.05, 0) is 61.9 Å². The highest BCUT2D eigenvalue weighted by atomic mass is 16.2. The van der Waals surface area contributed by atoms with Crippen LogP contribution in [0, 0.1) is 5.92 Å². The van der Waals surface area contributed by atoms with Crippen LogP contribution in [-0.2, 0) is 14.4 Å². The molecule has 0 bridgehead atoms. The van der Waals surface area contributed by atoms with E-state index in [9.17, 15) is 19.2 Å². The van der Waals surface area contributed by atoms with Gasteiger partial charge in [-0.15, -0.1) is 0 Å². The minimum atomic E-state index is -0.695. The molecule has 2 atom stereocenters. The fourth-order valence-electron chi connectivity index (χ4n) is 4.42. The number of benzene rings is 2. The zero-order chi connectivity index (χ0) is 23.8. The summed E-state index contributed by atoms with van der Waals surface area (Å²) in [5.74, 6) is -0.587. The van der Waals surface area contributed by atoms with Crippen molar-refractivity contribution in [3.63, 3.8) is 0 Å². The van der Waals surface area contributed by atoms with Crippen LogP contribution in [0.4, 0.5) is 5.69 Å². The fourth-order valence-corrected chi connectivity index (χ4v) is 4.42. The maximum atomic E-state index is 13.0. The smallest absolute Gasteiger partial charge is 0.255 e. The van der Waals surface area contributed by atoms with E-state index in [4.69, 9.17) is 0 Å². The molecule has 34 heavy (non-hydrogen) atoms. The number of rotatable bonds is 8. The van der Waals surface area contributed by atoms with E-state index in [-0.39, 0.29) is 48.2 Å². The maximum absolute atomic E-state index is 13.0. The lowest BCUT2D eigenvalue weighted by Gasteiger charge is -2.24. The summed E-state index contributed by atoms with van der Waals surface area (Å²) in [6.07, 6.45) is 3.69. The van der Waals surface area contributed by atoms with Crippen LogP contribution in [0.5, 0.6) is 0 Å². The number of hydrogen-bond donors (Lipinski definition) is 3. The van der Waals surface area contributed by atoms with Gasteiger partial charge in [-0.2, -0.15) is 0 Å². The van der Waals surface area contributed by atoms with Crippen molar-refractivity contribution in [1.29, 1.82) is 0 Å². The molecule has 1 heterocycles. The number of nitrogens with one attached hydrogen (secondary N) is 3. The Hall–Kier alpha value is -3.68. The lowest BCUT2D eigenvalue weighted by atomic mass is 10.0. The molecule has 0 radical (unpaired) electrons. The zero-order valence-electron chi connectivity index (χ0n) is 19.0. The lowest BCUT2D eigenvalue weighted by molar-refractivity contribution is -0.129. The van der Waals surface area contributed by atoms with Gasteiger partial charge < -0.3 is 20.9 Å². The minimum absolute atomic E-state index is 0.0525. The second-order valence-corrected chi connectivity index (χ2v) is 9.33. The third-order valence-corrected chi connectivity index (χ3v) is 6.61. The van der Waals surface area contributed by atoms with Crippen LogP contribution in [0.1, 0.15) is 66.2 Å². The van der Waals surface area contributed by atoms with E-state index in [1.165, 1.54) is 0 Å². The van der Waals surface area contributed by atoms with E-state index in [0.717, 1.165) is 36.9 Å². The molecule has 2 unspecified atom stereocenters. The van der Waals surface area contributed by atoms with Crippen molar-refractivity contribution in [2.24, 2.45) is 5.92 Å². The standard InChI is InChI=1S/C26H28N4O4/c1-15(16-8-10-18(11-9-16)29-24(32)17-6-7-17)28-22(31)14-27-25(33)23-20-4-2-3-5-21(20)26(34)30(23)19-12-13-19/h2-5,8-11,15,17,19,23H,6-7,12-14H2,1H3,(H,27,33)(H,28,31)(H,29,32). The van der Waals surface area contributed by atoms with E-state index in [1.54, 1.807) is 23.1 Å². The molecule has 2 aliphatic carbocycles. The number of anilines is 1. The maximum Gasteiger partial charge on any atom is 0.255 e. The van der Waals surface area contributed by atoms with Gasteiger partial charge in [0.15, 0.2) is 0 Å². The van der Waals surface area contributed by atoms with E-state index < -0.39 is 6.04 Å². The molecule has 0 aromatic heterocycles. The van der Waals surface area contributed by atoms with Crippen molar-refractivity contribution in [3.05, 3.63) is 65.2 Å². The van der Waals surface area contributed by atoms with Crippen LogP contribution >= 0.6 is 0 Å². The molecule has 2 aromatic rings. The summed E-state index contributed by atoms with van der Waals surface area (Å²) >= 11 is 0. The summed E-state index contributed by atoms with van der Waals surface area (Å²) in [6.45, 7) is 1.68. The Morgan fingerprint density at radius 3 is 2.35 bits per heavy atom. The molecule has 2 aromatic carbocycles. The van der Waals surface area contributed by atoms with Gasteiger partial charge in [0.2, 0.25) is 17.7 Å². The molecular formula is C26H28N4O4. The van der Waals surface area contributed by atoms with Gasteiger partial charge in [-0.25, -0.2) is 0 Å². The molecule has 2 fully saturated rings. The van der Waals surface area contributed by atoms with Crippen molar-refractivity contribution in [1.82, 2.24) is 15.5 Å². The van der Waals surface area contributed by atoms with Crippen LogP contribution in [0.2, 0.25) is 0 Å². The molecule has 176 valence electrons. The Morgan fingerprint density at radius 1 is 0.971 bits per heavy atom. The number of carbonyl (C=O) groups excluding carboxylic acids is 4. The van der Waals surface area contributed by atoms with Crippen molar-refractivity contribution in [3.8, 4) is 0 Å². The SMILES string of the molecule is CC(NC(=O)CNC(=O)C1c2ccccc2C(=O)N1C1CC1)c1ccc(NC(=O)C2CC2)cc1. The van der Waals surface area contributed by atoms with Gasteiger partial charge in [-0.1, -0.05) is 30.3 Å². The van der Waals surface area contributed by atoms with E-state index in [2.05, 4.69) is 16.0 Å². The first-order valence-electron chi connectivity index (χ1n) is 11.8. The Morgan fingerprint density at radius 2 is 1.68 bits per heavy atom. The van der Waals surface area contributed by atoms with E-state index in [1.807, 2.05) is 37.3 Å². The third-order valence-electron chi connectivity index (χ3n) is 6.61. The van der Waals surface area contributed by atoms with E-state index in [0.29, 0.717) is 11.1 Å². The van der Waals surface area contributed by atoms with Crippen LogP contribution in [0.15, 0.2) is 48.5 Å². The summed E-state index contributed by atoms with van der Waals surface area (Å²) in [7, 11) is 0. The van der Waals surface area contributed by atoms with Gasteiger partial charge in [0, 0.05) is 23.2 Å². The van der Waals surface area contributed by atoms with Gasteiger partial charge in [0.05, 0.1) is 12.6 Å². The average molecular weight is 461 g/mol. The average Bonchev–Trinajstić information content (AvgIpc) is 3.75. The largest absolute Gasteiger partial charge is 0.348 e. The number of hydrogen-bond acceptors (Lipinski definition) is 4. The first-order valence-corrected chi connectivity index (χ1v) is 11.8.